The minimum absolute atomic E-state index is 0.0123. The Morgan fingerprint density at radius 1 is 1.25 bits per heavy atom. The van der Waals surface area contributed by atoms with Crippen LogP contribution < -0.4 is 10.5 Å². The molecule has 0 aromatic heterocycles. The highest BCUT2D eigenvalue weighted by Crippen LogP contribution is 2.44. The summed E-state index contributed by atoms with van der Waals surface area (Å²) in [5, 5.41) is 0. The Hall–Kier alpha value is -1.32. The molecule has 2 aromatic carbocycles. The van der Waals surface area contributed by atoms with Crippen LogP contribution in [0.4, 0.5) is 0 Å². The zero-order valence-corrected chi connectivity index (χ0v) is 13.3. The molecular weight excluding hydrogens is 314 g/mol. The first-order chi connectivity index (χ1) is 9.48. The van der Waals surface area contributed by atoms with Gasteiger partial charge in [0.05, 0.1) is 0 Å². The van der Waals surface area contributed by atoms with E-state index in [1.54, 1.807) is 0 Å². The quantitative estimate of drug-likeness (QED) is 0.837. The molecule has 3 heteroatoms. The maximum Gasteiger partial charge on any atom is 0.133 e. The largest absolute Gasteiger partial charge is 0.482 e. The normalized spacial score (nSPS) is 24.9. The SMILES string of the molecule is Cc1cccc(C2(C)C[C@H](N)c3cc(Br)ccc3O2)c1. The molecule has 1 aliphatic heterocycles. The van der Waals surface area contributed by atoms with Crippen molar-refractivity contribution in [2.24, 2.45) is 5.73 Å². The van der Waals surface area contributed by atoms with Gasteiger partial charge in [-0.25, -0.2) is 0 Å². The first-order valence-electron chi connectivity index (χ1n) is 6.79. The van der Waals surface area contributed by atoms with Crippen molar-refractivity contribution >= 4 is 15.9 Å². The minimum Gasteiger partial charge on any atom is -0.482 e. The van der Waals surface area contributed by atoms with Crippen LogP contribution in [0.25, 0.3) is 0 Å². The Morgan fingerprint density at radius 3 is 2.80 bits per heavy atom. The van der Waals surface area contributed by atoms with E-state index in [0.29, 0.717) is 0 Å². The van der Waals surface area contributed by atoms with Crippen LogP contribution in [0.5, 0.6) is 5.75 Å². The smallest absolute Gasteiger partial charge is 0.133 e. The van der Waals surface area contributed by atoms with Gasteiger partial charge < -0.3 is 10.5 Å². The Bertz CT molecular complexity index is 655. The van der Waals surface area contributed by atoms with Crippen LogP contribution in [0.2, 0.25) is 0 Å². The third-order valence-corrected chi connectivity index (χ3v) is 4.44. The number of fused-ring (bicyclic) bond motifs is 1. The number of hydrogen-bond donors (Lipinski definition) is 1. The molecule has 0 amide bonds. The van der Waals surface area contributed by atoms with Gasteiger partial charge >= 0.3 is 0 Å². The fourth-order valence-corrected chi connectivity index (χ4v) is 3.25. The highest BCUT2D eigenvalue weighted by molar-refractivity contribution is 9.10. The molecule has 1 aliphatic rings. The fourth-order valence-electron chi connectivity index (χ4n) is 2.87. The van der Waals surface area contributed by atoms with Crippen molar-refractivity contribution in [1.29, 1.82) is 0 Å². The highest BCUT2D eigenvalue weighted by Gasteiger charge is 2.37. The molecule has 2 nitrogen and oxygen atoms in total. The van der Waals surface area contributed by atoms with E-state index in [4.69, 9.17) is 10.5 Å². The molecule has 104 valence electrons. The summed E-state index contributed by atoms with van der Waals surface area (Å²) in [6.07, 6.45) is 0.778. The number of rotatable bonds is 1. The molecular formula is C17H18BrNO. The van der Waals surface area contributed by atoms with Gasteiger partial charge in [0.25, 0.3) is 0 Å². The second-order valence-corrected chi connectivity index (χ2v) is 6.61. The molecule has 0 spiro atoms. The maximum atomic E-state index is 6.37. The van der Waals surface area contributed by atoms with Gasteiger partial charge in [0.15, 0.2) is 0 Å². The van der Waals surface area contributed by atoms with Gasteiger partial charge in [-0.05, 0) is 37.6 Å². The van der Waals surface area contributed by atoms with E-state index in [0.717, 1.165) is 22.2 Å². The second-order valence-electron chi connectivity index (χ2n) is 5.70. The zero-order chi connectivity index (χ0) is 14.3. The molecule has 2 N–H and O–H groups in total. The van der Waals surface area contributed by atoms with E-state index in [2.05, 4.69) is 60.1 Å². The molecule has 1 unspecified atom stereocenters. The second kappa shape index (κ2) is 4.90. The van der Waals surface area contributed by atoms with Crippen molar-refractivity contribution in [2.75, 3.05) is 0 Å². The van der Waals surface area contributed by atoms with E-state index in [1.165, 1.54) is 11.1 Å². The predicted octanol–water partition coefficient (Wildman–Crippen LogP) is 4.46. The van der Waals surface area contributed by atoms with Crippen LogP contribution in [0.3, 0.4) is 0 Å². The van der Waals surface area contributed by atoms with Gasteiger partial charge in [-0.1, -0.05) is 45.8 Å². The van der Waals surface area contributed by atoms with Crippen LogP contribution in [0, 0.1) is 6.92 Å². The monoisotopic (exact) mass is 331 g/mol. The summed E-state index contributed by atoms with van der Waals surface area (Å²) >= 11 is 3.49. The molecule has 2 aromatic rings. The van der Waals surface area contributed by atoms with Gasteiger partial charge in [-0.2, -0.15) is 0 Å². The number of aryl methyl sites for hydroxylation is 1. The van der Waals surface area contributed by atoms with Crippen LogP contribution in [0.15, 0.2) is 46.9 Å². The summed E-state index contributed by atoms with van der Waals surface area (Å²) in [5.74, 6) is 0.885. The molecule has 0 radical (unpaired) electrons. The lowest BCUT2D eigenvalue weighted by atomic mass is 9.83. The lowest BCUT2D eigenvalue weighted by Gasteiger charge is -2.39. The molecule has 1 heterocycles. The Kier molecular flexibility index (Phi) is 3.35. The standard InChI is InChI=1S/C17H18BrNO/c1-11-4-3-5-12(8-11)17(2)10-15(19)14-9-13(18)6-7-16(14)20-17/h3-9,15H,10,19H2,1-2H3/t15-,17?/m0/s1. The Labute approximate surface area is 128 Å². The Balaban J connectivity index is 2.04. The molecule has 2 atom stereocenters. The summed E-state index contributed by atoms with van der Waals surface area (Å²) < 4.78 is 7.32. The van der Waals surface area contributed by atoms with E-state index in [9.17, 15) is 0 Å². The van der Waals surface area contributed by atoms with E-state index >= 15 is 0 Å². The van der Waals surface area contributed by atoms with Gasteiger partial charge in [0, 0.05) is 22.5 Å². The van der Waals surface area contributed by atoms with Gasteiger partial charge in [-0.3, -0.25) is 0 Å². The van der Waals surface area contributed by atoms with Crippen molar-refractivity contribution in [1.82, 2.24) is 0 Å². The fraction of sp³-hybridized carbons (Fsp3) is 0.294. The summed E-state index contributed by atoms with van der Waals surface area (Å²) in [4.78, 5) is 0. The molecule has 0 fully saturated rings. The number of halogens is 1. The summed E-state index contributed by atoms with van der Waals surface area (Å²) in [6.45, 7) is 4.22. The van der Waals surface area contributed by atoms with Crippen LogP contribution in [0.1, 0.15) is 36.1 Å². The molecule has 0 bridgehead atoms. The minimum atomic E-state index is -0.369. The number of benzene rings is 2. The van der Waals surface area contributed by atoms with Crippen molar-refractivity contribution in [3.63, 3.8) is 0 Å². The molecule has 0 aliphatic carbocycles. The van der Waals surface area contributed by atoms with Crippen molar-refractivity contribution in [2.45, 2.75) is 31.9 Å². The predicted molar refractivity (Wildman–Crippen MR) is 84.8 cm³/mol. The van der Waals surface area contributed by atoms with Gasteiger partial charge in [-0.15, -0.1) is 0 Å². The summed E-state index contributed by atoms with van der Waals surface area (Å²) in [7, 11) is 0. The highest BCUT2D eigenvalue weighted by atomic mass is 79.9. The Morgan fingerprint density at radius 2 is 2.05 bits per heavy atom. The topological polar surface area (TPSA) is 35.2 Å². The van der Waals surface area contributed by atoms with Crippen LogP contribution >= 0.6 is 15.9 Å². The first-order valence-corrected chi connectivity index (χ1v) is 7.58. The summed E-state index contributed by atoms with van der Waals surface area (Å²) in [6, 6.07) is 14.5. The lowest BCUT2D eigenvalue weighted by molar-refractivity contribution is 0.0510. The average molecular weight is 332 g/mol. The van der Waals surface area contributed by atoms with Crippen molar-refractivity contribution in [3.05, 3.63) is 63.6 Å². The van der Waals surface area contributed by atoms with E-state index in [-0.39, 0.29) is 11.6 Å². The van der Waals surface area contributed by atoms with Crippen LogP contribution in [-0.4, -0.2) is 0 Å². The number of ether oxygens (including phenoxy) is 1. The third-order valence-electron chi connectivity index (χ3n) is 3.94. The lowest BCUT2D eigenvalue weighted by Crippen LogP contribution is -2.38. The first kappa shape index (κ1) is 13.7. The van der Waals surface area contributed by atoms with E-state index < -0.39 is 0 Å². The molecule has 0 saturated carbocycles. The van der Waals surface area contributed by atoms with Gasteiger partial charge in [0.1, 0.15) is 11.4 Å². The van der Waals surface area contributed by atoms with Crippen molar-refractivity contribution < 1.29 is 4.74 Å². The van der Waals surface area contributed by atoms with Gasteiger partial charge in [0.2, 0.25) is 0 Å². The zero-order valence-electron chi connectivity index (χ0n) is 11.7. The third kappa shape index (κ3) is 2.36. The number of hydrogen-bond acceptors (Lipinski definition) is 2. The molecule has 20 heavy (non-hydrogen) atoms. The van der Waals surface area contributed by atoms with E-state index in [1.807, 2.05) is 12.1 Å². The average Bonchev–Trinajstić information content (AvgIpc) is 2.40. The summed E-state index contributed by atoms with van der Waals surface area (Å²) in [5.41, 5.74) is 9.49. The number of nitrogens with two attached hydrogens (primary N) is 1. The van der Waals surface area contributed by atoms with Crippen molar-refractivity contribution in [3.8, 4) is 5.75 Å². The van der Waals surface area contributed by atoms with Crippen LogP contribution in [-0.2, 0) is 5.60 Å². The molecule has 3 rings (SSSR count). The molecule has 0 saturated heterocycles. The maximum absolute atomic E-state index is 6.37.